The average Bonchev–Trinajstić information content (AvgIpc) is 2.61. The van der Waals surface area contributed by atoms with Gasteiger partial charge < -0.3 is 19.7 Å². The lowest BCUT2D eigenvalue weighted by Gasteiger charge is -2.37. The first kappa shape index (κ1) is 21.5. The fraction of sp³-hybridized carbons (Fsp3) is 0.526. The van der Waals surface area contributed by atoms with Gasteiger partial charge in [0.25, 0.3) is 0 Å². The molecule has 1 aliphatic heterocycles. The maximum Gasteiger partial charge on any atom is 0.421 e. The SMILES string of the molecule is CN1CC(NC(=O)OC(C)(C)C)[C@H](NNC(=O)OCc2ccccc2)CC1=O. The maximum absolute atomic E-state index is 12.1. The Morgan fingerprint density at radius 1 is 1.14 bits per heavy atom. The first-order chi connectivity index (χ1) is 13.1. The minimum atomic E-state index is -0.675. The average molecular weight is 392 g/mol. The number of likely N-dealkylation sites (tertiary alicyclic amines) is 1. The van der Waals surface area contributed by atoms with Gasteiger partial charge in [-0.3, -0.25) is 10.2 Å². The van der Waals surface area contributed by atoms with Crippen molar-refractivity contribution in [3.63, 3.8) is 0 Å². The van der Waals surface area contributed by atoms with Crippen LogP contribution in [0.3, 0.4) is 0 Å². The van der Waals surface area contributed by atoms with Crippen LogP contribution in [0.15, 0.2) is 30.3 Å². The molecule has 3 amide bonds. The number of benzene rings is 1. The van der Waals surface area contributed by atoms with Gasteiger partial charge in [-0.1, -0.05) is 30.3 Å². The van der Waals surface area contributed by atoms with E-state index < -0.39 is 29.9 Å². The van der Waals surface area contributed by atoms with Gasteiger partial charge in [-0.2, -0.15) is 0 Å². The largest absolute Gasteiger partial charge is 0.444 e. The Balaban J connectivity index is 1.87. The Kier molecular flexibility index (Phi) is 7.22. The Morgan fingerprint density at radius 2 is 1.82 bits per heavy atom. The molecule has 2 rings (SSSR count). The molecule has 0 saturated carbocycles. The van der Waals surface area contributed by atoms with Crippen LogP contribution in [0, 0.1) is 0 Å². The predicted octanol–water partition coefficient (Wildman–Crippen LogP) is 1.54. The quantitative estimate of drug-likeness (QED) is 0.656. The third-order valence-electron chi connectivity index (χ3n) is 4.05. The van der Waals surface area contributed by atoms with E-state index in [9.17, 15) is 14.4 Å². The van der Waals surface area contributed by atoms with E-state index in [-0.39, 0.29) is 25.5 Å². The molecule has 0 radical (unpaired) electrons. The lowest BCUT2D eigenvalue weighted by Crippen LogP contribution is -2.63. The van der Waals surface area contributed by atoms with Crippen molar-refractivity contribution in [1.82, 2.24) is 21.1 Å². The molecule has 0 spiro atoms. The van der Waals surface area contributed by atoms with Gasteiger partial charge >= 0.3 is 12.2 Å². The summed E-state index contributed by atoms with van der Waals surface area (Å²) in [4.78, 5) is 37.5. The maximum atomic E-state index is 12.1. The summed E-state index contributed by atoms with van der Waals surface area (Å²) in [5.41, 5.74) is 5.44. The number of carbonyl (C=O) groups is 3. The summed E-state index contributed by atoms with van der Waals surface area (Å²) in [6, 6.07) is 8.33. The van der Waals surface area contributed by atoms with Crippen LogP contribution < -0.4 is 16.2 Å². The van der Waals surface area contributed by atoms with Crippen LogP contribution >= 0.6 is 0 Å². The smallest absolute Gasteiger partial charge is 0.421 e. The minimum Gasteiger partial charge on any atom is -0.444 e. The summed E-state index contributed by atoms with van der Waals surface area (Å²) in [5, 5.41) is 2.75. The molecule has 0 aliphatic carbocycles. The second kappa shape index (κ2) is 9.41. The third-order valence-corrected chi connectivity index (χ3v) is 4.05. The molecular formula is C19H28N4O5. The van der Waals surface area contributed by atoms with Crippen molar-refractivity contribution in [3.8, 4) is 0 Å². The number of rotatable bonds is 5. The second-order valence-electron chi connectivity index (χ2n) is 7.67. The molecule has 9 heteroatoms. The van der Waals surface area contributed by atoms with E-state index in [4.69, 9.17) is 9.47 Å². The van der Waals surface area contributed by atoms with Gasteiger partial charge in [0, 0.05) is 20.0 Å². The molecule has 1 aromatic rings. The first-order valence-electron chi connectivity index (χ1n) is 9.10. The van der Waals surface area contributed by atoms with E-state index in [0.29, 0.717) is 0 Å². The van der Waals surface area contributed by atoms with Crippen molar-refractivity contribution in [2.24, 2.45) is 0 Å². The van der Waals surface area contributed by atoms with E-state index in [2.05, 4.69) is 16.2 Å². The molecule has 1 fully saturated rings. The number of ether oxygens (including phenoxy) is 2. The van der Waals surface area contributed by atoms with E-state index in [0.717, 1.165) is 5.56 Å². The third kappa shape index (κ3) is 7.07. The van der Waals surface area contributed by atoms with Crippen molar-refractivity contribution in [2.45, 2.75) is 51.5 Å². The fourth-order valence-corrected chi connectivity index (χ4v) is 2.68. The second-order valence-corrected chi connectivity index (χ2v) is 7.67. The number of hydrazine groups is 1. The van der Waals surface area contributed by atoms with E-state index in [1.54, 1.807) is 27.8 Å². The van der Waals surface area contributed by atoms with Crippen LogP contribution in [0.25, 0.3) is 0 Å². The van der Waals surface area contributed by atoms with Gasteiger partial charge in [0.2, 0.25) is 5.91 Å². The number of alkyl carbamates (subject to hydrolysis) is 1. The topological polar surface area (TPSA) is 109 Å². The number of piperidine rings is 1. The van der Waals surface area contributed by atoms with Crippen LogP contribution in [0.2, 0.25) is 0 Å². The number of hydrogen-bond donors (Lipinski definition) is 3. The fourth-order valence-electron chi connectivity index (χ4n) is 2.68. The summed E-state index contributed by atoms with van der Waals surface area (Å²) in [6.07, 6.45) is -1.15. The van der Waals surface area contributed by atoms with E-state index in [1.807, 2.05) is 30.3 Å². The van der Waals surface area contributed by atoms with Gasteiger partial charge in [0.1, 0.15) is 12.2 Å². The highest BCUT2D eigenvalue weighted by molar-refractivity contribution is 5.78. The minimum absolute atomic E-state index is 0.0980. The molecule has 1 heterocycles. The van der Waals surface area contributed by atoms with E-state index >= 15 is 0 Å². The van der Waals surface area contributed by atoms with Gasteiger partial charge in [-0.25, -0.2) is 15.0 Å². The van der Waals surface area contributed by atoms with Gasteiger partial charge in [-0.05, 0) is 26.3 Å². The molecule has 0 aromatic heterocycles. The molecule has 154 valence electrons. The zero-order valence-electron chi connectivity index (χ0n) is 16.7. The number of hydrogen-bond acceptors (Lipinski definition) is 6. The van der Waals surface area contributed by atoms with Gasteiger partial charge in [-0.15, -0.1) is 0 Å². The number of carbonyl (C=O) groups excluding carboxylic acids is 3. The number of nitrogens with zero attached hydrogens (tertiary/aromatic N) is 1. The van der Waals surface area contributed by atoms with Crippen LogP contribution in [-0.4, -0.2) is 54.3 Å². The normalized spacial score (nSPS) is 19.7. The monoisotopic (exact) mass is 392 g/mol. The molecular weight excluding hydrogens is 364 g/mol. The summed E-state index contributed by atoms with van der Waals surface area (Å²) < 4.78 is 10.4. The van der Waals surface area contributed by atoms with Crippen molar-refractivity contribution >= 4 is 18.1 Å². The highest BCUT2D eigenvalue weighted by Crippen LogP contribution is 2.13. The molecule has 3 N–H and O–H groups in total. The van der Waals surface area contributed by atoms with Crippen molar-refractivity contribution in [3.05, 3.63) is 35.9 Å². The Labute approximate surface area is 164 Å². The lowest BCUT2D eigenvalue weighted by atomic mass is 10.00. The summed E-state index contributed by atoms with van der Waals surface area (Å²) in [5.74, 6) is -0.0980. The Morgan fingerprint density at radius 3 is 2.46 bits per heavy atom. The van der Waals surface area contributed by atoms with Crippen molar-refractivity contribution < 1.29 is 23.9 Å². The van der Waals surface area contributed by atoms with Crippen LogP contribution in [0.1, 0.15) is 32.8 Å². The van der Waals surface area contributed by atoms with Crippen LogP contribution in [0.5, 0.6) is 0 Å². The molecule has 1 aromatic carbocycles. The van der Waals surface area contributed by atoms with Crippen molar-refractivity contribution in [1.29, 1.82) is 0 Å². The molecule has 1 unspecified atom stereocenters. The molecule has 0 bridgehead atoms. The van der Waals surface area contributed by atoms with Gasteiger partial charge in [0.15, 0.2) is 0 Å². The number of amides is 3. The van der Waals surface area contributed by atoms with Crippen LogP contribution in [-0.2, 0) is 20.9 Å². The first-order valence-corrected chi connectivity index (χ1v) is 9.10. The molecule has 28 heavy (non-hydrogen) atoms. The standard InChI is InChI=1S/C19H28N4O5/c1-19(2,3)28-17(25)20-15-11-23(4)16(24)10-14(15)21-22-18(26)27-12-13-8-6-5-7-9-13/h5-9,14-15,21H,10-12H2,1-4H3,(H,20,25)(H,22,26)/t14-,15?/m1/s1. The Hall–Kier alpha value is -2.81. The van der Waals surface area contributed by atoms with Gasteiger partial charge in [0.05, 0.1) is 12.1 Å². The molecule has 2 atom stereocenters. The number of nitrogens with one attached hydrogen (secondary N) is 3. The van der Waals surface area contributed by atoms with Crippen molar-refractivity contribution in [2.75, 3.05) is 13.6 Å². The zero-order chi connectivity index (χ0) is 20.7. The molecule has 9 nitrogen and oxygen atoms in total. The van der Waals surface area contributed by atoms with Crippen LogP contribution in [0.4, 0.5) is 9.59 Å². The predicted molar refractivity (Wildman–Crippen MR) is 102 cm³/mol. The summed E-state index contributed by atoms with van der Waals surface area (Å²) in [6.45, 7) is 5.71. The Bertz CT molecular complexity index is 689. The lowest BCUT2D eigenvalue weighted by molar-refractivity contribution is -0.133. The molecule has 1 saturated heterocycles. The summed E-state index contributed by atoms with van der Waals surface area (Å²) >= 11 is 0. The van der Waals surface area contributed by atoms with E-state index in [1.165, 1.54) is 4.90 Å². The highest BCUT2D eigenvalue weighted by Gasteiger charge is 2.34. The summed E-state index contributed by atoms with van der Waals surface area (Å²) in [7, 11) is 1.66. The zero-order valence-corrected chi connectivity index (χ0v) is 16.7. The molecule has 1 aliphatic rings. The number of likely N-dealkylation sites (N-methyl/N-ethyl adjacent to an activating group) is 1. The highest BCUT2D eigenvalue weighted by atomic mass is 16.6.